The lowest BCUT2D eigenvalue weighted by Crippen LogP contribution is -2.34. The Bertz CT molecular complexity index is 309. The van der Waals surface area contributed by atoms with Crippen LogP contribution in [0.3, 0.4) is 0 Å². The second-order valence-corrected chi connectivity index (χ2v) is 6.40. The maximum Gasteiger partial charge on any atom is 0.183 e. The zero-order valence-electron chi connectivity index (χ0n) is 9.67. The van der Waals surface area contributed by atoms with Crippen molar-refractivity contribution in [1.82, 2.24) is 9.88 Å². The van der Waals surface area contributed by atoms with E-state index in [0.29, 0.717) is 0 Å². The molecule has 86 valence electrons. The maximum atomic E-state index is 4.30. The van der Waals surface area contributed by atoms with Crippen molar-refractivity contribution in [2.75, 3.05) is 32.5 Å². The molecule has 3 nitrogen and oxygen atoms in total. The number of rotatable bonds is 5. The van der Waals surface area contributed by atoms with E-state index in [1.54, 1.807) is 11.3 Å². The van der Waals surface area contributed by atoms with Gasteiger partial charge in [0.1, 0.15) is 4.60 Å². The zero-order valence-corrected chi connectivity index (χ0v) is 12.1. The van der Waals surface area contributed by atoms with Gasteiger partial charge in [0.05, 0.1) is 0 Å². The van der Waals surface area contributed by atoms with E-state index in [1.807, 2.05) is 5.38 Å². The van der Waals surface area contributed by atoms with Crippen molar-refractivity contribution < 1.29 is 0 Å². The van der Waals surface area contributed by atoms with Crippen molar-refractivity contribution >= 4 is 32.4 Å². The van der Waals surface area contributed by atoms with E-state index in [9.17, 15) is 0 Å². The molecular weight excluding hydrogens is 274 g/mol. The Morgan fingerprint density at radius 1 is 1.53 bits per heavy atom. The quantitative estimate of drug-likeness (QED) is 0.904. The summed E-state index contributed by atoms with van der Waals surface area (Å²) < 4.78 is 0.903. The standard InChI is InChI=1S/C10H18BrN3S/c1-10(2,7-14(3)4)6-12-9-13-8(11)5-15-9/h5H,6-7H2,1-4H3,(H,12,13). The largest absolute Gasteiger partial charge is 0.361 e. The molecule has 0 bridgehead atoms. The number of aromatic nitrogens is 1. The van der Waals surface area contributed by atoms with E-state index >= 15 is 0 Å². The molecule has 0 aliphatic heterocycles. The first-order chi connectivity index (χ1) is 6.89. The first-order valence-corrected chi connectivity index (χ1v) is 6.56. The highest BCUT2D eigenvalue weighted by molar-refractivity contribution is 9.10. The van der Waals surface area contributed by atoms with Gasteiger partial charge in [-0.2, -0.15) is 0 Å². The van der Waals surface area contributed by atoms with E-state index in [1.165, 1.54) is 0 Å². The van der Waals surface area contributed by atoms with Crippen LogP contribution >= 0.6 is 27.3 Å². The first-order valence-electron chi connectivity index (χ1n) is 4.89. The van der Waals surface area contributed by atoms with Gasteiger partial charge < -0.3 is 10.2 Å². The predicted octanol–water partition coefficient (Wildman–Crippen LogP) is 2.91. The second-order valence-electron chi connectivity index (χ2n) is 4.73. The summed E-state index contributed by atoms with van der Waals surface area (Å²) in [5.74, 6) is 0. The lowest BCUT2D eigenvalue weighted by atomic mass is 9.93. The third-order valence-electron chi connectivity index (χ3n) is 1.94. The van der Waals surface area contributed by atoms with Gasteiger partial charge in [-0.05, 0) is 35.4 Å². The van der Waals surface area contributed by atoms with Crippen molar-refractivity contribution in [3.8, 4) is 0 Å². The summed E-state index contributed by atoms with van der Waals surface area (Å²) in [6.07, 6.45) is 0. The van der Waals surface area contributed by atoms with Gasteiger partial charge in [0, 0.05) is 18.5 Å². The third-order valence-corrected chi connectivity index (χ3v) is 3.45. The number of nitrogens with zero attached hydrogens (tertiary/aromatic N) is 2. The summed E-state index contributed by atoms with van der Waals surface area (Å²) in [6, 6.07) is 0. The van der Waals surface area contributed by atoms with Gasteiger partial charge in [0.2, 0.25) is 0 Å². The molecule has 1 rings (SSSR count). The van der Waals surface area contributed by atoms with E-state index in [4.69, 9.17) is 0 Å². The SMILES string of the molecule is CN(C)CC(C)(C)CNc1nc(Br)cs1. The van der Waals surface area contributed by atoms with Gasteiger partial charge in [-0.1, -0.05) is 13.8 Å². The van der Waals surface area contributed by atoms with Crippen molar-refractivity contribution in [2.45, 2.75) is 13.8 Å². The van der Waals surface area contributed by atoms with Gasteiger partial charge in [0.25, 0.3) is 0 Å². The molecule has 0 unspecified atom stereocenters. The molecule has 1 aromatic heterocycles. The summed E-state index contributed by atoms with van der Waals surface area (Å²) in [5.41, 5.74) is 0.252. The fourth-order valence-electron chi connectivity index (χ4n) is 1.56. The van der Waals surface area contributed by atoms with Gasteiger partial charge in [-0.3, -0.25) is 0 Å². The average molecular weight is 292 g/mol. The van der Waals surface area contributed by atoms with Crippen LogP contribution in [0.1, 0.15) is 13.8 Å². The highest BCUT2D eigenvalue weighted by Crippen LogP contribution is 2.22. The molecule has 1 aromatic rings. The fourth-order valence-corrected chi connectivity index (χ4v) is 2.71. The van der Waals surface area contributed by atoms with Gasteiger partial charge in [-0.25, -0.2) is 4.98 Å². The molecule has 5 heteroatoms. The highest BCUT2D eigenvalue weighted by Gasteiger charge is 2.18. The topological polar surface area (TPSA) is 28.2 Å². The molecule has 0 amide bonds. The van der Waals surface area contributed by atoms with E-state index < -0.39 is 0 Å². The summed E-state index contributed by atoms with van der Waals surface area (Å²) in [7, 11) is 4.20. The number of hydrogen-bond acceptors (Lipinski definition) is 4. The van der Waals surface area contributed by atoms with Crippen LogP contribution in [0.15, 0.2) is 9.98 Å². The normalized spacial score (nSPS) is 12.1. The molecule has 0 fully saturated rings. The first kappa shape index (κ1) is 12.9. The number of halogens is 1. The Labute approximate surface area is 104 Å². The Morgan fingerprint density at radius 2 is 2.20 bits per heavy atom. The number of thiazole rings is 1. The smallest absolute Gasteiger partial charge is 0.183 e. The van der Waals surface area contributed by atoms with Crippen molar-refractivity contribution in [1.29, 1.82) is 0 Å². The van der Waals surface area contributed by atoms with Gasteiger partial charge in [-0.15, -0.1) is 11.3 Å². The molecule has 0 atom stereocenters. The number of nitrogens with one attached hydrogen (secondary N) is 1. The van der Waals surface area contributed by atoms with Crippen LogP contribution in [0.4, 0.5) is 5.13 Å². The molecular formula is C10H18BrN3S. The summed E-state index contributed by atoms with van der Waals surface area (Å²) in [4.78, 5) is 6.51. The predicted molar refractivity (Wildman–Crippen MR) is 70.6 cm³/mol. The van der Waals surface area contributed by atoms with E-state index in [0.717, 1.165) is 22.8 Å². The number of hydrogen-bond donors (Lipinski definition) is 1. The minimum atomic E-state index is 0.252. The van der Waals surface area contributed by atoms with Crippen LogP contribution in [0.5, 0.6) is 0 Å². The summed E-state index contributed by atoms with van der Waals surface area (Å²) in [5, 5.41) is 6.33. The number of anilines is 1. The monoisotopic (exact) mass is 291 g/mol. The van der Waals surface area contributed by atoms with Crippen molar-refractivity contribution in [2.24, 2.45) is 5.41 Å². The zero-order chi connectivity index (χ0) is 11.5. The van der Waals surface area contributed by atoms with Crippen LogP contribution in [-0.2, 0) is 0 Å². The van der Waals surface area contributed by atoms with Gasteiger partial charge in [0.15, 0.2) is 5.13 Å². The van der Waals surface area contributed by atoms with Crippen LogP contribution < -0.4 is 5.32 Å². The summed E-state index contributed by atoms with van der Waals surface area (Å²) >= 11 is 4.97. The van der Waals surface area contributed by atoms with E-state index in [-0.39, 0.29) is 5.41 Å². The molecule has 0 aromatic carbocycles. The molecule has 0 spiro atoms. The third kappa shape index (κ3) is 4.95. The van der Waals surface area contributed by atoms with Crippen LogP contribution in [-0.4, -0.2) is 37.1 Å². The molecule has 1 N–H and O–H groups in total. The lowest BCUT2D eigenvalue weighted by Gasteiger charge is -2.28. The van der Waals surface area contributed by atoms with Gasteiger partial charge >= 0.3 is 0 Å². The molecule has 0 saturated heterocycles. The fraction of sp³-hybridized carbons (Fsp3) is 0.700. The average Bonchev–Trinajstić information content (AvgIpc) is 2.46. The van der Waals surface area contributed by atoms with Crippen LogP contribution in [0, 0.1) is 5.41 Å². The highest BCUT2D eigenvalue weighted by atomic mass is 79.9. The van der Waals surface area contributed by atoms with E-state index in [2.05, 4.69) is 59.1 Å². The van der Waals surface area contributed by atoms with Crippen molar-refractivity contribution in [3.05, 3.63) is 9.98 Å². The molecule has 1 heterocycles. The molecule has 15 heavy (non-hydrogen) atoms. The summed E-state index contributed by atoms with van der Waals surface area (Å²) in [6.45, 7) is 6.50. The Morgan fingerprint density at radius 3 is 2.67 bits per heavy atom. The second kappa shape index (κ2) is 5.27. The Kier molecular flexibility index (Phi) is 4.55. The van der Waals surface area contributed by atoms with Crippen molar-refractivity contribution in [3.63, 3.8) is 0 Å². The van der Waals surface area contributed by atoms with Crippen LogP contribution in [0.2, 0.25) is 0 Å². The molecule has 0 radical (unpaired) electrons. The minimum absolute atomic E-state index is 0.252. The maximum absolute atomic E-state index is 4.30. The molecule has 0 aliphatic carbocycles. The minimum Gasteiger partial charge on any atom is -0.361 e. The Balaban J connectivity index is 2.42. The lowest BCUT2D eigenvalue weighted by molar-refractivity contribution is 0.254. The van der Waals surface area contributed by atoms with Crippen LogP contribution in [0.25, 0.3) is 0 Å². The molecule has 0 saturated carbocycles. The molecule has 0 aliphatic rings. The Hall–Kier alpha value is -0.130.